The van der Waals surface area contributed by atoms with Gasteiger partial charge in [0.15, 0.2) is 0 Å². The number of carbonyl (C=O) groups excluding carboxylic acids is 1. The maximum Gasteiger partial charge on any atom is 0.241 e. The molecule has 5 heteroatoms. The van der Waals surface area contributed by atoms with Crippen molar-refractivity contribution in [2.45, 2.75) is 13.8 Å². The van der Waals surface area contributed by atoms with Gasteiger partial charge in [0.25, 0.3) is 0 Å². The van der Waals surface area contributed by atoms with E-state index in [1.54, 1.807) is 9.58 Å². The summed E-state index contributed by atoms with van der Waals surface area (Å²) in [6.07, 6.45) is 1.84. The average molecular weight is 210 g/mol. The van der Waals surface area contributed by atoms with Crippen LogP contribution in [0.4, 0.5) is 5.82 Å². The fourth-order valence-corrected chi connectivity index (χ4v) is 1.36. The van der Waals surface area contributed by atoms with E-state index in [1.807, 2.05) is 33.2 Å². The molecule has 15 heavy (non-hydrogen) atoms. The Morgan fingerprint density at radius 1 is 1.53 bits per heavy atom. The third kappa shape index (κ3) is 3.27. The number of likely N-dealkylation sites (N-methyl/N-ethyl adjacent to an activating group) is 1. The Labute approximate surface area is 90.1 Å². The van der Waals surface area contributed by atoms with Crippen LogP contribution in [-0.2, 0) is 11.8 Å². The minimum absolute atomic E-state index is 0.102. The summed E-state index contributed by atoms with van der Waals surface area (Å²) >= 11 is 0. The molecule has 0 aliphatic carbocycles. The second kappa shape index (κ2) is 5.38. The lowest BCUT2D eigenvalue weighted by Gasteiger charge is -2.18. The van der Waals surface area contributed by atoms with Crippen molar-refractivity contribution in [1.29, 1.82) is 0 Å². The lowest BCUT2D eigenvalue weighted by molar-refractivity contribution is -0.128. The standard InChI is InChI=1S/C10H18N4O/c1-4-14(5-2)10(15)8-11-9-6-7-13(3)12-9/h6-7H,4-5,8H2,1-3H3,(H,11,12). The van der Waals surface area contributed by atoms with E-state index in [1.165, 1.54) is 0 Å². The van der Waals surface area contributed by atoms with Gasteiger partial charge in [-0.15, -0.1) is 0 Å². The molecule has 0 bridgehead atoms. The van der Waals surface area contributed by atoms with Crippen LogP contribution in [0, 0.1) is 0 Å². The maximum atomic E-state index is 11.6. The molecule has 1 rings (SSSR count). The van der Waals surface area contributed by atoms with Crippen molar-refractivity contribution < 1.29 is 4.79 Å². The van der Waals surface area contributed by atoms with Crippen molar-refractivity contribution in [3.63, 3.8) is 0 Å². The molecule has 0 saturated carbocycles. The van der Waals surface area contributed by atoms with Crippen molar-refractivity contribution in [2.24, 2.45) is 7.05 Å². The average Bonchev–Trinajstić information content (AvgIpc) is 2.63. The highest BCUT2D eigenvalue weighted by Crippen LogP contribution is 2.00. The smallest absolute Gasteiger partial charge is 0.241 e. The van der Waals surface area contributed by atoms with Gasteiger partial charge < -0.3 is 10.2 Å². The summed E-state index contributed by atoms with van der Waals surface area (Å²) in [7, 11) is 1.84. The summed E-state index contributed by atoms with van der Waals surface area (Å²) in [6.45, 7) is 5.75. The summed E-state index contributed by atoms with van der Waals surface area (Å²) < 4.78 is 1.70. The van der Waals surface area contributed by atoms with Crippen molar-refractivity contribution >= 4 is 11.7 Å². The van der Waals surface area contributed by atoms with Crippen LogP contribution < -0.4 is 5.32 Å². The second-order valence-corrected chi connectivity index (χ2v) is 3.29. The minimum Gasteiger partial charge on any atom is -0.360 e. The number of carbonyl (C=O) groups is 1. The van der Waals surface area contributed by atoms with Gasteiger partial charge in [0.05, 0.1) is 6.54 Å². The number of aromatic nitrogens is 2. The number of hydrogen-bond donors (Lipinski definition) is 1. The zero-order valence-electron chi connectivity index (χ0n) is 9.53. The van der Waals surface area contributed by atoms with E-state index >= 15 is 0 Å². The molecular formula is C10H18N4O. The number of hydrogen-bond acceptors (Lipinski definition) is 3. The Bertz CT molecular complexity index is 317. The van der Waals surface area contributed by atoms with E-state index in [-0.39, 0.29) is 5.91 Å². The molecule has 1 amide bonds. The third-order valence-corrected chi connectivity index (χ3v) is 2.25. The maximum absolute atomic E-state index is 11.6. The van der Waals surface area contributed by atoms with E-state index in [4.69, 9.17) is 0 Å². The van der Waals surface area contributed by atoms with E-state index in [9.17, 15) is 4.79 Å². The molecule has 84 valence electrons. The zero-order chi connectivity index (χ0) is 11.3. The fourth-order valence-electron chi connectivity index (χ4n) is 1.36. The molecule has 0 unspecified atom stereocenters. The number of anilines is 1. The Kier molecular flexibility index (Phi) is 4.15. The quantitative estimate of drug-likeness (QED) is 0.778. The Morgan fingerprint density at radius 2 is 2.20 bits per heavy atom. The molecule has 0 fully saturated rings. The van der Waals surface area contributed by atoms with Crippen molar-refractivity contribution in [3.8, 4) is 0 Å². The lowest BCUT2D eigenvalue weighted by atomic mass is 10.4. The van der Waals surface area contributed by atoms with Crippen molar-refractivity contribution in [2.75, 3.05) is 25.0 Å². The number of aryl methyl sites for hydroxylation is 1. The molecule has 5 nitrogen and oxygen atoms in total. The summed E-state index contributed by atoms with van der Waals surface area (Å²) in [5.74, 6) is 0.837. The van der Waals surface area contributed by atoms with Gasteiger partial charge in [-0.05, 0) is 13.8 Å². The highest BCUT2D eigenvalue weighted by atomic mass is 16.2. The van der Waals surface area contributed by atoms with E-state index < -0.39 is 0 Å². The molecule has 0 spiro atoms. The number of nitrogens with one attached hydrogen (secondary N) is 1. The first-order valence-electron chi connectivity index (χ1n) is 5.18. The number of rotatable bonds is 5. The molecule has 1 aromatic rings. The molecular weight excluding hydrogens is 192 g/mol. The molecule has 0 radical (unpaired) electrons. The van der Waals surface area contributed by atoms with Gasteiger partial charge in [-0.1, -0.05) is 0 Å². The van der Waals surface area contributed by atoms with Crippen LogP contribution in [-0.4, -0.2) is 40.2 Å². The van der Waals surface area contributed by atoms with Crippen molar-refractivity contribution in [1.82, 2.24) is 14.7 Å². The van der Waals surface area contributed by atoms with Gasteiger partial charge >= 0.3 is 0 Å². The fraction of sp³-hybridized carbons (Fsp3) is 0.600. The van der Waals surface area contributed by atoms with E-state index in [2.05, 4.69) is 10.4 Å². The predicted octanol–water partition coefficient (Wildman–Crippen LogP) is 0.700. The molecule has 0 atom stereocenters. The first kappa shape index (κ1) is 11.6. The van der Waals surface area contributed by atoms with E-state index in [0.717, 1.165) is 18.9 Å². The normalized spacial score (nSPS) is 10.1. The van der Waals surface area contributed by atoms with Gasteiger partial charge in [0.2, 0.25) is 5.91 Å². The van der Waals surface area contributed by atoms with Gasteiger partial charge in [-0.2, -0.15) is 5.10 Å². The largest absolute Gasteiger partial charge is 0.360 e. The van der Waals surface area contributed by atoms with Crippen LogP contribution >= 0.6 is 0 Å². The topological polar surface area (TPSA) is 50.2 Å². The van der Waals surface area contributed by atoms with Crippen LogP contribution in [0.5, 0.6) is 0 Å². The zero-order valence-corrected chi connectivity index (χ0v) is 9.53. The molecule has 1 heterocycles. The van der Waals surface area contributed by atoms with Crippen LogP contribution in [0.3, 0.4) is 0 Å². The monoisotopic (exact) mass is 210 g/mol. The molecule has 1 aromatic heterocycles. The Morgan fingerprint density at radius 3 is 2.67 bits per heavy atom. The van der Waals surface area contributed by atoms with Crippen LogP contribution in [0.25, 0.3) is 0 Å². The predicted molar refractivity (Wildman–Crippen MR) is 59.6 cm³/mol. The lowest BCUT2D eigenvalue weighted by Crippen LogP contribution is -2.35. The van der Waals surface area contributed by atoms with E-state index in [0.29, 0.717) is 6.54 Å². The van der Waals surface area contributed by atoms with Gasteiger partial charge in [-0.25, -0.2) is 0 Å². The summed E-state index contributed by atoms with van der Waals surface area (Å²) in [5.41, 5.74) is 0. The number of amides is 1. The first-order valence-corrected chi connectivity index (χ1v) is 5.18. The Hall–Kier alpha value is -1.52. The van der Waals surface area contributed by atoms with Crippen molar-refractivity contribution in [3.05, 3.63) is 12.3 Å². The highest BCUT2D eigenvalue weighted by molar-refractivity contribution is 5.80. The summed E-state index contributed by atoms with van der Waals surface area (Å²) in [4.78, 5) is 13.4. The SMILES string of the molecule is CCN(CC)C(=O)CNc1ccn(C)n1. The molecule has 0 aromatic carbocycles. The molecule has 0 aliphatic heterocycles. The highest BCUT2D eigenvalue weighted by Gasteiger charge is 2.08. The summed E-state index contributed by atoms with van der Waals surface area (Å²) in [5, 5.41) is 7.12. The first-order chi connectivity index (χ1) is 7.17. The summed E-state index contributed by atoms with van der Waals surface area (Å²) in [6, 6.07) is 1.84. The van der Waals surface area contributed by atoms with Gasteiger partial charge in [-0.3, -0.25) is 9.48 Å². The second-order valence-electron chi connectivity index (χ2n) is 3.29. The number of nitrogens with zero attached hydrogens (tertiary/aromatic N) is 3. The Balaban J connectivity index is 2.40. The molecule has 1 N–H and O–H groups in total. The minimum atomic E-state index is 0.102. The molecule has 0 saturated heterocycles. The molecule has 0 aliphatic rings. The van der Waals surface area contributed by atoms with Crippen LogP contribution in [0.1, 0.15) is 13.8 Å². The van der Waals surface area contributed by atoms with Crippen LogP contribution in [0.2, 0.25) is 0 Å². The van der Waals surface area contributed by atoms with Gasteiger partial charge in [0, 0.05) is 32.4 Å². The third-order valence-electron chi connectivity index (χ3n) is 2.25. The van der Waals surface area contributed by atoms with Gasteiger partial charge in [0.1, 0.15) is 5.82 Å². The van der Waals surface area contributed by atoms with Crippen LogP contribution in [0.15, 0.2) is 12.3 Å².